The molecule has 3 N–H and O–H groups in total. The normalized spacial score (nSPS) is 24.2. The van der Waals surface area contributed by atoms with Crippen LogP contribution in [0.1, 0.15) is 11.1 Å². The number of benzene rings is 1. The number of halogens is 3. The van der Waals surface area contributed by atoms with Gasteiger partial charge in [0.15, 0.2) is 11.8 Å². The van der Waals surface area contributed by atoms with Gasteiger partial charge in [0.05, 0.1) is 23.8 Å². The highest BCUT2D eigenvalue weighted by molar-refractivity contribution is 6.33. The highest BCUT2D eigenvalue weighted by Gasteiger charge is 2.48. The van der Waals surface area contributed by atoms with Crippen LogP contribution in [-0.4, -0.2) is 76.7 Å². The van der Waals surface area contributed by atoms with E-state index in [-0.39, 0.29) is 48.3 Å². The van der Waals surface area contributed by atoms with E-state index in [0.29, 0.717) is 23.3 Å². The molecule has 0 aliphatic carbocycles. The number of anilines is 1. The van der Waals surface area contributed by atoms with E-state index >= 15 is 0 Å². The molecule has 0 saturated carbocycles. The van der Waals surface area contributed by atoms with Crippen LogP contribution in [0.4, 0.5) is 14.6 Å². The van der Waals surface area contributed by atoms with Gasteiger partial charge in [0, 0.05) is 18.7 Å². The van der Waals surface area contributed by atoms with Crippen molar-refractivity contribution >= 4 is 28.6 Å². The number of hydrogen-bond donors (Lipinski definition) is 3. The molecule has 0 radical (unpaired) electrons. The Hall–Kier alpha value is -2.57. The summed E-state index contributed by atoms with van der Waals surface area (Å²) in [6.45, 7) is 0.736. The molecule has 4 atom stereocenters. The molecule has 9 nitrogen and oxygen atoms in total. The Bertz CT molecular complexity index is 1190. The molecule has 34 heavy (non-hydrogen) atoms. The summed E-state index contributed by atoms with van der Waals surface area (Å²) in [7, 11) is 3.65. The van der Waals surface area contributed by atoms with E-state index in [0.717, 1.165) is 0 Å². The summed E-state index contributed by atoms with van der Waals surface area (Å²) >= 11 is 6.33. The average Bonchev–Trinajstić information content (AvgIpc) is 3.44. The van der Waals surface area contributed by atoms with Gasteiger partial charge in [-0.3, -0.25) is 0 Å². The lowest BCUT2D eigenvalue weighted by Gasteiger charge is -2.15. The second-order valence-corrected chi connectivity index (χ2v) is 9.09. The number of hydrogen-bond acceptors (Lipinski definition) is 8. The number of ether oxygens (including phenoxy) is 3. The molecule has 0 spiro atoms. The van der Waals surface area contributed by atoms with Crippen LogP contribution in [0.2, 0.25) is 5.02 Å². The molecule has 2 aromatic heterocycles. The van der Waals surface area contributed by atoms with E-state index in [9.17, 15) is 13.9 Å². The van der Waals surface area contributed by atoms with E-state index < -0.39 is 29.9 Å². The van der Waals surface area contributed by atoms with E-state index in [1.54, 1.807) is 6.07 Å². The quantitative estimate of drug-likeness (QED) is 0.459. The highest BCUT2D eigenvalue weighted by Crippen LogP contribution is 2.31. The summed E-state index contributed by atoms with van der Waals surface area (Å²) in [5, 5.41) is 13.0. The summed E-state index contributed by atoms with van der Waals surface area (Å²) < 4.78 is 46.0. The summed E-state index contributed by atoms with van der Waals surface area (Å²) in [6, 6.07) is 4.44. The van der Waals surface area contributed by atoms with E-state index in [4.69, 9.17) is 25.8 Å². The molecule has 5 rings (SSSR count). The van der Waals surface area contributed by atoms with Gasteiger partial charge in [-0.1, -0.05) is 11.6 Å². The zero-order chi connectivity index (χ0) is 24.0. The first-order valence-corrected chi connectivity index (χ1v) is 11.2. The number of H-pyrrole nitrogens is 1. The maximum Gasteiger partial charge on any atom is 0.296 e. The van der Waals surface area contributed by atoms with Crippen LogP contribution in [0.5, 0.6) is 6.01 Å². The lowest BCUT2D eigenvalue weighted by Crippen LogP contribution is -2.34. The summed E-state index contributed by atoms with van der Waals surface area (Å²) in [4.78, 5) is 13.5. The van der Waals surface area contributed by atoms with Crippen LogP contribution in [-0.2, 0) is 22.6 Å². The average molecular weight is 496 g/mol. The number of aliphatic hydroxyl groups excluding tert-OH is 1. The Labute approximate surface area is 199 Å². The predicted octanol–water partition coefficient (Wildman–Crippen LogP) is 2.47. The van der Waals surface area contributed by atoms with Crippen molar-refractivity contribution in [1.29, 1.82) is 0 Å². The number of imidazole rings is 1. The van der Waals surface area contributed by atoms with Crippen molar-refractivity contribution in [3.8, 4) is 6.01 Å². The van der Waals surface area contributed by atoms with E-state index in [2.05, 4.69) is 20.3 Å². The zero-order valence-electron chi connectivity index (χ0n) is 18.5. The minimum Gasteiger partial charge on any atom is -0.456 e. The van der Waals surface area contributed by atoms with Crippen molar-refractivity contribution in [2.75, 3.05) is 32.6 Å². The Kier molecular flexibility index (Phi) is 6.30. The second-order valence-electron chi connectivity index (χ2n) is 8.68. The van der Waals surface area contributed by atoms with Gasteiger partial charge in [0.25, 0.3) is 6.01 Å². The van der Waals surface area contributed by atoms with Gasteiger partial charge in [-0.15, -0.1) is 0 Å². The first-order valence-electron chi connectivity index (χ1n) is 10.8. The molecule has 2 fully saturated rings. The zero-order valence-corrected chi connectivity index (χ0v) is 19.3. The van der Waals surface area contributed by atoms with Gasteiger partial charge in [0.2, 0.25) is 0 Å². The standard InChI is InChI=1S/C22H24ClF2N5O4/c1-30(2)7-10-3-13(24)11(14(25)4-10)6-26-20-12(23)5-15-21(28-20)29-22(27-15)34-17-9-33-18-16(31)8-32-19(17)18/h3-5,16-19,31H,6-9H2,1-2H3,(H2,26,27,28,29)/t16-,17-,18-,19-/m1/s1. The maximum atomic E-state index is 14.5. The third-order valence-corrected chi connectivity index (χ3v) is 6.07. The first kappa shape index (κ1) is 23.2. The SMILES string of the molecule is CN(C)Cc1cc(F)c(CNc2nc3nc(O[C@@H]4CO[C@H]5[C@@H]4OC[C@H]5O)[nH]c3cc2Cl)c(F)c1. The topological polar surface area (TPSA) is 105 Å². The summed E-state index contributed by atoms with van der Waals surface area (Å²) in [6.07, 6.45) is -1.92. The van der Waals surface area contributed by atoms with Crippen LogP contribution in [0.3, 0.4) is 0 Å². The fourth-order valence-electron chi connectivity index (χ4n) is 4.22. The first-order chi connectivity index (χ1) is 16.3. The molecule has 4 heterocycles. The monoisotopic (exact) mass is 495 g/mol. The fourth-order valence-corrected chi connectivity index (χ4v) is 4.44. The summed E-state index contributed by atoms with van der Waals surface area (Å²) in [5.74, 6) is -1.06. The minimum absolute atomic E-state index is 0.110. The van der Waals surface area contributed by atoms with Crippen molar-refractivity contribution in [1.82, 2.24) is 19.9 Å². The molecule has 3 aromatic rings. The maximum absolute atomic E-state index is 14.5. The van der Waals surface area contributed by atoms with Crippen LogP contribution in [0.15, 0.2) is 18.2 Å². The van der Waals surface area contributed by atoms with E-state index in [1.807, 2.05) is 19.0 Å². The van der Waals surface area contributed by atoms with Crippen molar-refractivity contribution in [3.63, 3.8) is 0 Å². The third-order valence-electron chi connectivity index (χ3n) is 5.78. The molecule has 12 heteroatoms. The number of fused-ring (bicyclic) bond motifs is 2. The number of rotatable bonds is 7. The molecule has 2 aliphatic heterocycles. The van der Waals surface area contributed by atoms with Gasteiger partial charge in [0.1, 0.15) is 35.8 Å². The van der Waals surface area contributed by atoms with Crippen LogP contribution in [0, 0.1) is 11.6 Å². The number of nitrogens with one attached hydrogen (secondary N) is 2. The fraction of sp³-hybridized carbons (Fsp3) is 0.455. The molecular weight excluding hydrogens is 472 g/mol. The van der Waals surface area contributed by atoms with Gasteiger partial charge in [-0.05, 0) is 37.9 Å². The molecule has 182 valence electrons. The predicted molar refractivity (Wildman–Crippen MR) is 120 cm³/mol. The van der Waals surface area contributed by atoms with Gasteiger partial charge in [-0.2, -0.15) is 4.98 Å². The Morgan fingerprint density at radius 3 is 2.65 bits per heavy atom. The number of pyridine rings is 1. The van der Waals surface area contributed by atoms with Crippen LogP contribution < -0.4 is 10.1 Å². The highest BCUT2D eigenvalue weighted by atomic mass is 35.5. The largest absolute Gasteiger partial charge is 0.456 e. The van der Waals surface area contributed by atoms with Gasteiger partial charge in [-0.25, -0.2) is 13.8 Å². The molecule has 2 saturated heterocycles. The van der Waals surface area contributed by atoms with Crippen LogP contribution in [0.25, 0.3) is 11.2 Å². The number of aromatic amines is 1. The minimum atomic E-state index is -0.678. The van der Waals surface area contributed by atoms with Gasteiger partial charge >= 0.3 is 0 Å². The molecule has 0 bridgehead atoms. The lowest BCUT2D eigenvalue weighted by atomic mass is 10.1. The Balaban J connectivity index is 1.30. The molecular formula is C22H24ClF2N5O4. The van der Waals surface area contributed by atoms with Crippen LogP contribution >= 0.6 is 11.6 Å². The number of nitrogens with zero attached hydrogens (tertiary/aromatic N) is 3. The van der Waals surface area contributed by atoms with Crippen molar-refractivity contribution in [3.05, 3.63) is 46.0 Å². The van der Waals surface area contributed by atoms with Crippen molar-refractivity contribution in [2.24, 2.45) is 0 Å². The van der Waals surface area contributed by atoms with Crippen molar-refractivity contribution in [2.45, 2.75) is 37.5 Å². The Morgan fingerprint density at radius 1 is 1.18 bits per heavy atom. The van der Waals surface area contributed by atoms with Gasteiger partial charge < -0.3 is 34.5 Å². The smallest absolute Gasteiger partial charge is 0.296 e. The third kappa shape index (κ3) is 4.53. The molecule has 0 unspecified atom stereocenters. The molecule has 0 amide bonds. The second kappa shape index (κ2) is 9.23. The Morgan fingerprint density at radius 2 is 1.91 bits per heavy atom. The molecule has 2 aliphatic rings. The van der Waals surface area contributed by atoms with E-state index in [1.165, 1.54) is 12.1 Å². The molecule has 1 aromatic carbocycles. The number of aromatic nitrogens is 3. The van der Waals surface area contributed by atoms with Crippen molar-refractivity contribution < 1.29 is 28.1 Å². The lowest BCUT2D eigenvalue weighted by molar-refractivity contribution is 0.00706. The summed E-state index contributed by atoms with van der Waals surface area (Å²) in [5.41, 5.74) is 1.27. The number of aliphatic hydroxyl groups is 1.